The summed E-state index contributed by atoms with van der Waals surface area (Å²) in [6.07, 6.45) is 1.97. The molecule has 5 heteroatoms. The molecule has 4 nitrogen and oxygen atoms in total. The number of rotatable bonds is 3. The van der Waals surface area contributed by atoms with Crippen molar-refractivity contribution in [3.63, 3.8) is 0 Å². The zero-order valence-electron chi connectivity index (χ0n) is 8.80. The minimum absolute atomic E-state index is 0.0234. The summed E-state index contributed by atoms with van der Waals surface area (Å²) in [6.45, 7) is 0.913. The summed E-state index contributed by atoms with van der Waals surface area (Å²) in [5, 5.41) is 19.8. The molecule has 1 aromatic rings. The summed E-state index contributed by atoms with van der Waals surface area (Å²) in [6, 6.07) is 9.74. The second kappa shape index (κ2) is 5.32. The molecule has 1 aliphatic heterocycles. The highest BCUT2D eigenvalue weighted by Crippen LogP contribution is 2.33. The van der Waals surface area contributed by atoms with E-state index in [9.17, 15) is 5.21 Å². The maximum absolute atomic E-state index is 10.9. The Morgan fingerprint density at radius 2 is 2.31 bits per heavy atom. The average Bonchev–Trinajstić information content (AvgIpc) is 2.77. The van der Waals surface area contributed by atoms with Crippen LogP contribution in [0.1, 0.15) is 12.8 Å². The predicted molar refractivity (Wildman–Crippen MR) is 62.6 cm³/mol. The lowest BCUT2D eigenvalue weighted by Gasteiger charge is -2.18. The second-order valence-electron chi connectivity index (χ2n) is 3.67. The Hall–Kier alpha value is -1.06. The molecule has 0 bridgehead atoms. The highest BCUT2D eigenvalue weighted by atomic mass is 32.2. The molecule has 2 rings (SSSR count). The molecule has 1 fully saturated rings. The fourth-order valence-electron chi connectivity index (χ4n) is 1.77. The van der Waals surface area contributed by atoms with Crippen LogP contribution in [0.15, 0.2) is 29.2 Å². The van der Waals surface area contributed by atoms with E-state index in [2.05, 4.69) is 10.4 Å². The monoisotopic (exact) mass is 235 g/mol. The van der Waals surface area contributed by atoms with Gasteiger partial charge >= 0.3 is 0 Å². The van der Waals surface area contributed by atoms with Gasteiger partial charge in [0.2, 0.25) is 0 Å². The fourth-order valence-corrected chi connectivity index (χ4v) is 2.88. The number of nitrogens with two attached hydrogens (primary N) is 1. The van der Waals surface area contributed by atoms with Crippen LogP contribution in [0.3, 0.4) is 0 Å². The lowest BCUT2D eigenvalue weighted by Crippen LogP contribution is -2.70. The second-order valence-corrected chi connectivity index (χ2v) is 4.77. The Balaban J connectivity index is 2.11. The normalized spacial score (nSPS) is 20.9. The largest absolute Gasteiger partial charge is 0.630 e. The average molecular weight is 235 g/mol. The van der Waals surface area contributed by atoms with E-state index >= 15 is 0 Å². The summed E-state index contributed by atoms with van der Waals surface area (Å²) >= 11 is 1.51. The first kappa shape index (κ1) is 11.4. The molecule has 16 heavy (non-hydrogen) atoms. The summed E-state index contributed by atoms with van der Waals surface area (Å²) in [5.74, 6) is 0. The summed E-state index contributed by atoms with van der Waals surface area (Å²) in [4.78, 5) is 0.930. The fraction of sp³-hybridized carbons (Fsp3) is 0.364. The quantitative estimate of drug-likeness (QED) is 0.488. The van der Waals surface area contributed by atoms with Crippen molar-refractivity contribution in [1.29, 1.82) is 5.26 Å². The Morgan fingerprint density at radius 3 is 3.06 bits per heavy atom. The van der Waals surface area contributed by atoms with Crippen LogP contribution < -0.4 is 5.48 Å². The topological polar surface area (TPSA) is 66.7 Å². The molecule has 1 aromatic carbocycles. The van der Waals surface area contributed by atoms with Gasteiger partial charge in [0, 0.05) is 12.6 Å². The third-order valence-electron chi connectivity index (χ3n) is 2.61. The zero-order valence-corrected chi connectivity index (χ0v) is 9.61. The lowest BCUT2D eigenvalue weighted by molar-refractivity contribution is -0.499. The van der Waals surface area contributed by atoms with Gasteiger partial charge in [0.15, 0.2) is 0 Å². The van der Waals surface area contributed by atoms with Crippen LogP contribution in [-0.2, 0) is 0 Å². The molecule has 84 valence electrons. The Kier molecular flexibility index (Phi) is 3.80. The van der Waals surface area contributed by atoms with Crippen LogP contribution in [0.25, 0.3) is 0 Å². The third-order valence-corrected chi connectivity index (χ3v) is 3.85. The van der Waals surface area contributed by atoms with Crippen LogP contribution in [0, 0.1) is 16.5 Å². The van der Waals surface area contributed by atoms with Crippen molar-refractivity contribution < 1.29 is 5.48 Å². The summed E-state index contributed by atoms with van der Waals surface area (Å²) in [5.41, 5.74) is 1.55. The van der Waals surface area contributed by atoms with E-state index in [1.807, 2.05) is 18.2 Å². The van der Waals surface area contributed by atoms with Gasteiger partial charge in [-0.05, 0) is 30.9 Å². The summed E-state index contributed by atoms with van der Waals surface area (Å²) in [7, 11) is 0. The number of hydrogen-bond acceptors (Lipinski definition) is 4. The molecule has 1 heterocycles. The van der Waals surface area contributed by atoms with Crippen LogP contribution in [0.2, 0.25) is 0 Å². The third kappa shape index (κ3) is 2.36. The number of nitriles is 1. The first-order valence-corrected chi connectivity index (χ1v) is 6.01. The first-order chi connectivity index (χ1) is 7.85. The molecular formula is C11H13N3OS. The molecule has 1 aliphatic rings. The smallest absolute Gasteiger partial charge is 0.144 e. The van der Waals surface area contributed by atoms with E-state index in [-0.39, 0.29) is 6.04 Å². The van der Waals surface area contributed by atoms with Gasteiger partial charge in [0.25, 0.3) is 0 Å². The highest BCUT2D eigenvalue weighted by Gasteiger charge is 2.25. The number of nitrogens with zero attached hydrogens (tertiary/aromatic N) is 2. The van der Waals surface area contributed by atoms with Gasteiger partial charge in [-0.1, -0.05) is 12.1 Å². The molecule has 2 N–H and O–H groups in total. The van der Waals surface area contributed by atoms with Gasteiger partial charge in [0.05, 0.1) is 11.0 Å². The maximum Gasteiger partial charge on any atom is 0.144 e. The van der Waals surface area contributed by atoms with E-state index in [1.165, 1.54) is 11.9 Å². The molecule has 1 saturated heterocycles. The SMILES string of the molecule is N#C[C@@H]1CCCN1Sc1ccccc1[NH2+][O-]. The van der Waals surface area contributed by atoms with Crippen LogP contribution in [0.5, 0.6) is 0 Å². The van der Waals surface area contributed by atoms with Crippen LogP contribution >= 0.6 is 11.9 Å². The molecular weight excluding hydrogens is 222 g/mol. The van der Waals surface area contributed by atoms with Gasteiger partial charge in [-0.25, -0.2) is 4.31 Å². The predicted octanol–water partition coefficient (Wildman–Crippen LogP) is 1.37. The van der Waals surface area contributed by atoms with Crippen molar-refractivity contribution in [3.05, 3.63) is 29.5 Å². The molecule has 0 aromatic heterocycles. The maximum atomic E-state index is 10.9. The number of hydrogen-bond donors (Lipinski definition) is 1. The Morgan fingerprint density at radius 1 is 1.50 bits per heavy atom. The molecule has 0 aliphatic carbocycles. The lowest BCUT2D eigenvalue weighted by atomic mass is 10.2. The van der Waals surface area contributed by atoms with Crippen LogP contribution in [-0.4, -0.2) is 16.9 Å². The Bertz CT molecular complexity index is 404. The van der Waals surface area contributed by atoms with E-state index in [0.29, 0.717) is 5.69 Å². The van der Waals surface area contributed by atoms with Crippen LogP contribution in [0.4, 0.5) is 5.69 Å². The van der Waals surface area contributed by atoms with Gasteiger partial charge in [0.1, 0.15) is 11.7 Å². The van der Waals surface area contributed by atoms with Gasteiger partial charge in [-0.3, -0.25) is 0 Å². The molecule has 1 atom stereocenters. The van der Waals surface area contributed by atoms with Crippen molar-refractivity contribution in [2.45, 2.75) is 23.8 Å². The zero-order chi connectivity index (χ0) is 11.4. The van der Waals surface area contributed by atoms with Crippen molar-refractivity contribution in [3.8, 4) is 6.07 Å². The highest BCUT2D eigenvalue weighted by molar-refractivity contribution is 7.97. The van der Waals surface area contributed by atoms with E-state index in [4.69, 9.17) is 5.26 Å². The molecule has 0 amide bonds. The minimum Gasteiger partial charge on any atom is -0.630 e. The van der Waals surface area contributed by atoms with Gasteiger partial charge in [-0.2, -0.15) is 5.26 Å². The van der Waals surface area contributed by atoms with Crippen molar-refractivity contribution in [1.82, 2.24) is 4.31 Å². The molecule has 0 saturated carbocycles. The summed E-state index contributed by atoms with van der Waals surface area (Å²) < 4.78 is 2.06. The van der Waals surface area contributed by atoms with Crippen molar-refractivity contribution in [2.24, 2.45) is 0 Å². The molecule has 0 radical (unpaired) electrons. The minimum atomic E-state index is -0.0234. The standard InChI is InChI=1S/C11H13N3OS/c12-8-9-4-3-7-14(9)16-11-6-2-1-5-10(11)13-15/h1-2,5-6,9H,3-4,7,13H2/t9-/m0/s1. The number of benzene rings is 1. The van der Waals surface area contributed by atoms with E-state index in [1.54, 1.807) is 6.07 Å². The molecule has 0 spiro atoms. The number of quaternary nitrogens is 1. The molecule has 0 unspecified atom stereocenters. The van der Waals surface area contributed by atoms with Gasteiger partial charge < -0.3 is 10.7 Å². The van der Waals surface area contributed by atoms with Crippen molar-refractivity contribution >= 4 is 17.6 Å². The first-order valence-electron chi connectivity index (χ1n) is 5.23. The van der Waals surface area contributed by atoms with Gasteiger partial charge in [-0.15, -0.1) is 0 Å². The van der Waals surface area contributed by atoms with E-state index in [0.717, 1.165) is 29.8 Å². The van der Waals surface area contributed by atoms with E-state index < -0.39 is 0 Å². The van der Waals surface area contributed by atoms with Crippen molar-refractivity contribution in [2.75, 3.05) is 6.54 Å². The Labute approximate surface area is 99.0 Å².